The molecule has 6 nitrogen and oxygen atoms in total. The van der Waals surface area contributed by atoms with E-state index in [0.29, 0.717) is 6.61 Å². The van der Waals surface area contributed by atoms with Gasteiger partial charge in [0.05, 0.1) is 6.61 Å². The minimum Gasteiger partial charge on any atom is -0.463 e. The molecular weight excluding hydrogens is 228 g/mol. The van der Waals surface area contributed by atoms with Crippen LogP contribution in [0.15, 0.2) is 23.8 Å². The summed E-state index contributed by atoms with van der Waals surface area (Å²) in [6, 6.07) is 0. The summed E-state index contributed by atoms with van der Waals surface area (Å²) in [6.07, 6.45) is 3.50. The lowest BCUT2D eigenvalue weighted by atomic mass is 10.1. The van der Waals surface area contributed by atoms with Gasteiger partial charge < -0.3 is 4.74 Å². The van der Waals surface area contributed by atoms with E-state index < -0.39 is 18.2 Å². The van der Waals surface area contributed by atoms with Gasteiger partial charge in [-0.25, -0.2) is 19.5 Å². The highest BCUT2D eigenvalue weighted by Crippen LogP contribution is 2.15. The van der Waals surface area contributed by atoms with Crippen molar-refractivity contribution in [2.75, 3.05) is 13.2 Å². The summed E-state index contributed by atoms with van der Waals surface area (Å²) in [7, 11) is 0. The Balaban J connectivity index is 2.57. The molecule has 0 aromatic heterocycles. The van der Waals surface area contributed by atoms with Crippen LogP contribution in [0.3, 0.4) is 0 Å². The van der Waals surface area contributed by atoms with Crippen molar-refractivity contribution in [1.29, 1.82) is 0 Å². The second-order valence-corrected chi connectivity index (χ2v) is 3.42. The first kappa shape index (κ1) is 13.9. The highest BCUT2D eigenvalue weighted by atomic mass is 17.2. The van der Waals surface area contributed by atoms with Gasteiger partial charge >= 0.3 is 5.97 Å². The lowest BCUT2D eigenvalue weighted by Crippen LogP contribution is -2.23. The Morgan fingerprint density at radius 1 is 1.76 bits per heavy atom. The molecule has 1 aliphatic rings. The molecular formula is C11H16O6. The van der Waals surface area contributed by atoms with Crippen LogP contribution in [0.4, 0.5) is 0 Å². The van der Waals surface area contributed by atoms with Crippen LogP contribution in [0.1, 0.15) is 13.8 Å². The zero-order valence-electron chi connectivity index (χ0n) is 9.79. The first-order valence-electron chi connectivity index (χ1n) is 5.31. The second-order valence-electron chi connectivity index (χ2n) is 3.42. The third kappa shape index (κ3) is 4.66. The van der Waals surface area contributed by atoms with E-state index in [4.69, 9.17) is 19.8 Å². The van der Waals surface area contributed by atoms with Crippen LogP contribution < -0.4 is 0 Å². The first-order chi connectivity index (χ1) is 8.17. The summed E-state index contributed by atoms with van der Waals surface area (Å²) in [5.74, 6) is -0.442. The maximum absolute atomic E-state index is 11.1. The van der Waals surface area contributed by atoms with Gasteiger partial charge in [-0.05, 0) is 31.6 Å². The van der Waals surface area contributed by atoms with Crippen LogP contribution in [0, 0.1) is 0 Å². The smallest absolute Gasteiger partial charge is 0.330 e. The van der Waals surface area contributed by atoms with Gasteiger partial charge in [-0.3, -0.25) is 5.26 Å². The second kappa shape index (κ2) is 7.18. The Labute approximate surface area is 99.3 Å². The molecule has 1 aliphatic heterocycles. The van der Waals surface area contributed by atoms with Gasteiger partial charge in [0.1, 0.15) is 18.8 Å². The van der Waals surface area contributed by atoms with E-state index >= 15 is 0 Å². The quantitative estimate of drug-likeness (QED) is 0.258. The van der Waals surface area contributed by atoms with Crippen molar-refractivity contribution in [2.24, 2.45) is 0 Å². The summed E-state index contributed by atoms with van der Waals surface area (Å²) < 4.78 is 4.72. The summed E-state index contributed by atoms with van der Waals surface area (Å²) in [5.41, 5.74) is 0.734. The normalized spacial score (nSPS) is 22.3. The van der Waals surface area contributed by atoms with Crippen molar-refractivity contribution < 1.29 is 29.5 Å². The average molecular weight is 244 g/mol. The van der Waals surface area contributed by atoms with Gasteiger partial charge in [-0.2, -0.15) is 0 Å². The molecule has 2 unspecified atom stereocenters. The highest BCUT2D eigenvalue weighted by Gasteiger charge is 2.18. The molecule has 0 radical (unpaired) electrons. The molecule has 6 heteroatoms. The van der Waals surface area contributed by atoms with E-state index in [2.05, 4.69) is 4.89 Å². The van der Waals surface area contributed by atoms with Crippen molar-refractivity contribution in [3.8, 4) is 0 Å². The van der Waals surface area contributed by atoms with E-state index in [1.807, 2.05) is 0 Å². The molecule has 17 heavy (non-hydrogen) atoms. The maximum Gasteiger partial charge on any atom is 0.330 e. The third-order valence-corrected chi connectivity index (χ3v) is 2.17. The number of carbonyl (C=O) groups excluding carboxylic acids is 1. The summed E-state index contributed by atoms with van der Waals surface area (Å²) in [6.45, 7) is 3.93. The molecule has 2 atom stereocenters. The van der Waals surface area contributed by atoms with Crippen LogP contribution >= 0.6 is 0 Å². The monoisotopic (exact) mass is 244 g/mol. The molecule has 0 saturated carbocycles. The molecule has 0 spiro atoms. The maximum atomic E-state index is 11.1. The van der Waals surface area contributed by atoms with Gasteiger partial charge in [0, 0.05) is 6.08 Å². The Morgan fingerprint density at radius 2 is 2.53 bits per heavy atom. The van der Waals surface area contributed by atoms with Crippen LogP contribution in [0.2, 0.25) is 0 Å². The lowest BCUT2D eigenvalue weighted by molar-refractivity contribution is -0.315. The van der Waals surface area contributed by atoms with Crippen molar-refractivity contribution in [2.45, 2.75) is 26.1 Å². The molecule has 0 aliphatic carbocycles. The van der Waals surface area contributed by atoms with Gasteiger partial charge in [0.25, 0.3) is 0 Å². The van der Waals surface area contributed by atoms with E-state index in [-0.39, 0.29) is 6.61 Å². The van der Waals surface area contributed by atoms with E-state index in [1.54, 1.807) is 19.9 Å². The molecule has 0 bridgehead atoms. The minimum atomic E-state index is -0.499. The third-order valence-electron chi connectivity index (χ3n) is 2.17. The van der Waals surface area contributed by atoms with E-state index in [9.17, 15) is 4.79 Å². The largest absolute Gasteiger partial charge is 0.463 e. The molecule has 0 aromatic rings. The fourth-order valence-corrected chi connectivity index (χ4v) is 1.24. The molecule has 96 valence electrons. The highest BCUT2D eigenvalue weighted by molar-refractivity contribution is 5.82. The zero-order chi connectivity index (χ0) is 12.7. The van der Waals surface area contributed by atoms with Gasteiger partial charge in [0.2, 0.25) is 0 Å². The van der Waals surface area contributed by atoms with Gasteiger partial charge in [-0.1, -0.05) is 0 Å². The Kier molecular flexibility index (Phi) is 5.85. The summed E-state index contributed by atoms with van der Waals surface area (Å²) in [4.78, 5) is 25.0. The van der Waals surface area contributed by atoms with Crippen molar-refractivity contribution in [3.05, 3.63) is 23.8 Å². The first-order valence-corrected chi connectivity index (χ1v) is 5.31. The van der Waals surface area contributed by atoms with Gasteiger partial charge in [-0.15, -0.1) is 0 Å². The molecule has 0 fully saturated rings. The molecule has 0 aromatic carbocycles. The van der Waals surface area contributed by atoms with E-state index in [0.717, 1.165) is 5.57 Å². The van der Waals surface area contributed by atoms with E-state index in [1.165, 1.54) is 12.2 Å². The SMILES string of the molecule is CCOC(=O)/C=C/C1C=C(C(C)OO)COO1. The van der Waals surface area contributed by atoms with Crippen LogP contribution in [0.25, 0.3) is 0 Å². The molecule has 1 N–H and O–H groups in total. The number of hydrogen-bond acceptors (Lipinski definition) is 6. The average Bonchev–Trinajstić information content (AvgIpc) is 2.36. The molecule has 1 heterocycles. The van der Waals surface area contributed by atoms with Crippen molar-refractivity contribution in [3.63, 3.8) is 0 Å². The Morgan fingerprint density at radius 3 is 3.18 bits per heavy atom. The van der Waals surface area contributed by atoms with Crippen molar-refractivity contribution in [1.82, 2.24) is 0 Å². The predicted molar refractivity (Wildman–Crippen MR) is 57.9 cm³/mol. The summed E-state index contributed by atoms with van der Waals surface area (Å²) in [5, 5.41) is 8.53. The van der Waals surface area contributed by atoms with Gasteiger partial charge in [0.15, 0.2) is 0 Å². The number of esters is 1. The van der Waals surface area contributed by atoms with Crippen LogP contribution in [-0.4, -0.2) is 36.6 Å². The molecule has 1 rings (SSSR count). The number of carbonyl (C=O) groups is 1. The Bertz CT molecular complexity index is 309. The van der Waals surface area contributed by atoms with Crippen LogP contribution in [0.5, 0.6) is 0 Å². The van der Waals surface area contributed by atoms with Crippen LogP contribution in [-0.2, 0) is 24.2 Å². The molecule has 0 saturated heterocycles. The van der Waals surface area contributed by atoms with Crippen molar-refractivity contribution >= 4 is 5.97 Å². The fourth-order valence-electron chi connectivity index (χ4n) is 1.24. The lowest BCUT2D eigenvalue weighted by Gasteiger charge is -2.20. The number of rotatable bonds is 5. The zero-order valence-corrected chi connectivity index (χ0v) is 9.79. The standard InChI is InChI=1S/C11H16O6/c1-3-14-11(12)5-4-10-6-9(7-15-17-10)8(2)16-13/h4-6,8,10,13H,3,7H2,1-2H3/b5-4+. The Hall–Kier alpha value is -1.21. The number of ether oxygens (including phenoxy) is 1. The number of hydrogen-bond donors (Lipinski definition) is 1. The minimum absolute atomic E-state index is 0.214. The predicted octanol–water partition coefficient (Wildman–Crippen LogP) is 1.24. The molecule has 0 amide bonds. The summed E-state index contributed by atoms with van der Waals surface area (Å²) >= 11 is 0. The topological polar surface area (TPSA) is 74.2 Å². The fraction of sp³-hybridized carbons (Fsp3) is 0.545.